The largest absolute Gasteiger partial charge is 0.390 e. The Hall–Kier alpha value is -4.68. The highest BCUT2D eigenvalue weighted by Gasteiger charge is 2.30. The maximum absolute atomic E-state index is 12.4. The number of carbonyl (C=O) groups excluding carboxylic acids is 2. The maximum atomic E-state index is 12.4. The number of amides is 2. The summed E-state index contributed by atoms with van der Waals surface area (Å²) in [6.07, 6.45) is 5.35. The van der Waals surface area contributed by atoms with Gasteiger partial charge in [-0.05, 0) is 81.5 Å². The number of H-pyrrole nitrogens is 2. The van der Waals surface area contributed by atoms with Crippen molar-refractivity contribution in [2.45, 2.75) is 155 Å². The van der Waals surface area contributed by atoms with Crippen LogP contribution in [0.15, 0.2) is 48.8 Å². The number of nitrogens with one attached hydrogen (secondary N) is 4. The molecule has 3 heterocycles. The van der Waals surface area contributed by atoms with Gasteiger partial charge in [0, 0.05) is 11.1 Å². The first-order valence-electron chi connectivity index (χ1n) is 21.3. The first kappa shape index (κ1) is 54.3. The van der Waals surface area contributed by atoms with Gasteiger partial charge in [-0.1, -0.05) is 109 Å². The van der Waals surface area contributed by atoms with Gasteiger partial charge in [-0.2, -0.15) is 0 Å². The molecule has 1 atom stereocenters. The number of hydrogen-bond acceptors (Lipinski definition) is 8. The predicted octanol–water partition coefficient (Wildman–Crippen LogP) is 10.4. The van der Waals surface area contributed by atoms with Gasteiger partial charge in [0.05, 0.1) is 64.5 Å². The van der Waals surface area contributed by atoms with Crippen LogP contribution in [0.3, 0.4) is 0 Å². The van der Waals surface area contributed by atoms with Crippen molar-refractivity contribution < 1.29 is 19.8 Å². The number of hydrogen-bond donors (Lipinski definition) is 6. The van der Waals surface area contributed by atoms with E-state index in [4.69, 9.17) is 0 Å². The first-order valence-corrected chi connectivity index (χ1v) is 21.3. The smallest absolute Gasteiger partial charge is 0.252 e. The fourth-order valence-electron chi connectivity index (χ4n) is 5.62. The molecule has 0 aliphatic heterocycles. The van der Waals surface area contributed by atoms with Gasteiger partial charge in [0.1, 0.15) is 17.2 Å². The molecule has 59 heavy (non-hydrogen) atoms. The van der Waals surface area contributed by atoms with Crippen LogP contribution < -0.4 is 10.6 Å². The van der Waals surface area contributed by atoms with Crippen molar-refractivity contribution in [3.05, 3.63) is 60.4 Å². The van der Waals surface area contributed by atoms with Gasteiger partial charge in [0.25, 0.3) is 5.91 Å². The Labute approximate surface area is 355 Å². The number of imidazole rings is 2. The van der Waals surface area contributed by atoms with Crippen LogP contribution in [0.4, 0.5) is 0 Å². The van der Waals surface area contributed by atoms with Crippen LogP contribution in [-0.2, 0) is 22.7 Å². The summed E-state index contributed by atoms with van der Waals surface area (Å²) in [7, 11) is 0. The SMILES string of the molecule is CC.CC.CC(C)C.CC(C)C.CC(C)CC(C)(C)O.CC(C)CC(C)(O)C(=O)NCc1nc2ccc(-c3cnc(-c4ccc5nc(CNC=O)[nH]c5c4)cn3)cc2[nH]1. The lowest BCUT2D eigenvalue weighted by Crippen LogP contribution is -2.45. The van der Waals surface area contributed by atoms with Crippen molar-refractivity contribution in [1.82, 2.24) is 40.5 Å². The lowest BCUT2D eigenvalue weighted by atomic mass is 9.93. The minimum Gasteiger partial charge on any atom is -0.390 e. The van der Waals surface area contributed by atoms with Crippen LogP contribution in [-0.4, -0.2) is 63.6 Å². The monoisotopic (exact) mass is 819 g/mol. The molecular weight excluding hydrogens is 741 g/mol. The summed E-state index contributed by atoms with van der Waals surface area (Å²) in [5, 5.41) is 25.0. The molecule has 0 saturated heterocycles. The summed E-state index contributed by atoms with van der Waals surface area (Å²) in [6.45, 7) is 34.9. The maximum Gasteiger partial charge on any atom is 0.252 e. The molecular formula is C47H78N8O4. The van der Waals surface area contributed by atoms with Gasteiger partial charge in [-0.15, -0.1) is 0 Å². The van der Waals surface area contributed by atoms with Crippen molar-refractivity contribution in [1.29, 1.82) is 0 Å². The van der Waals surface area contributed by atoms with Crippen LogP contribution in [0, 0.1) is 23.7 Å². The standard InChI is InChI=1S/C28H30N8O3.C7H16O.2C4H10.2C2H6/c1-16(2)10-28(3,39)27(38)32-14-26-34-20-7-5-18(9-22(20)36-26)24-12-30-23(11-31-24)17-4-6-19-21(8-17)35-25(33-19)13-29-15-37;1-6(2)5-7(3,4)8;2*1-4(2)3;2*1-2/h4-9,11-12,15-16,39H,10,13-14H2,1-3H3,(H,29,37)(H,32,38)(H,33,35)(H,34,36);6,8H,5H2,1-4H3;2*4H,1-3H3;2*1-2H3. The van der Waals surface area contributed by atoms with E-state index in [0.29, 0.717) is 42.6 Å². The molecule has 12 heteroatoms. The molecule has 0 radical (unpaired) electrons. The Balaban J connectivity index is 0.00000141. The van der Waals surface area contributed by atoms with Gasteiger partial charge in [-0.25, -0.2) is 9.97 Å². The van der Waals surface area contributed by atoms with Crippen LogP contribution in [0.2, 0.25) is 0 Å². The second-order valence-electron chi connectivity index (χ2n) is 17.0. The van der Waals surface area contributed by atoms with E-state index in [9.17, 15) is 19.8 Å². The predicted molar refractivity (Wildman–Crippen MR) is 247 cm³/mol. The van der Waals surface area contributed by atoms with Crippen molar-refractivity contribution in [2.24, 2.45) is 23.7 Å². The molecule has 0 aliphatic carbocycles. The Morgan fingerprint density at radius 2 is 1.07 bits per heavy atom. The zero-order valence-corrected chi connectivity index (χ0v) is 39.3. The van der Waals surface area contributed by atoms with E-state index in [1.165, 1.54) is 6.92 Å². The van der Waals surface area contributed by atoms with Crippen LogP contribution in [0.25, 0.3) is 44.6 Å². The number of fused-ring (bicyclic) bond motifs is 2. The second-order valence-corrected chi connectivity index (χ2v) is 17.0. The van der Waals surface area contributed by atoms with Gasteiger partial charge >= 0.3 is 0 Å². The molecule has 0 bridgehead atoms. The third kappa shape index (κ3) is 21.8. The normalized spacial score (nSPS) is 11.8. The van der Waals surface area contributed by atoms with Crippen molar-refractivity contribution in [3.63, 3.8) is 0 Å². The Kier molecular flexibility index (Phi) is 25.0. The average Bonchev–Trinajstić information content (AvgIpc) is 3.75. The van der Waals surface area contributed by atoms with Crippen LogP contribution in [0.5, 0.6) is 0 Å². The summed E-state index contributed by atoms with van der Waals surface area (Å²) in [6, 6.07) is 11.5. The number of carbonyl (C=O) groups is 2. The van der Waals surface area contributed by atoms with E-state index >= 15 is 0 Å². The van der Waals surface area contributed by atoms with E-state index in [2.05, 4.69) is 95.9 Å². The molecule has 5 aromatic rings. The van der Waals surface area contributed by atoms with Gasteiger partial charge in [0.2, 0.25) is 6.41 Å². The molecule has 0 aliphatic rings. The van der Waals surface area contributed by atoms with Crippen LogP contribution in [0.1, 0.15) is 142 Å². The highest BCUT2D eigenvalue weighted by atomic mass is 16.3. The van der Waals surface area contributed by atoms with E-state index in [-0.39, 0.29) is 12.5 Å². The number of aromatic amines is 2. The highest BCUT2D eigenvalue weighted by molar-refractivity contribution is 5.85. The molecule has 3 aromatic heterocycles. The lowest BCUT2D eigenvalue weighted by Gasteiger charge is -2.23. The number of aliphatic hydroxyl groups is 2. The number of rotatable bonds is 12. The van der Waals surface area contributed by atoms with Gasteiger partial charge < -0.3 is 30.8 Å². The average molecular weight is 819 g/mol. The topological polar surface area (TPSA) is 182 Å². The lowest BCUT2D eigenvalue weighted by molar-refractivity contribution is -0.139. The Morgan fingerprint density at radius 3 is 1.39 bits per heavy atom. The number of aromatic nitrogens is 6. The number of benzene rings is 2. The summed E-state index contributed by atoms with van der Waals surface area (Å²) in [5.74, 6) is 3.30. The molecule has 5 rings (SSSR count). The van der Waals surface area contributed by atoms with Gasteiger partial charge in [-0.3, -0.25) is 19.6 Å². The molecule has 330 valence electrons. The minimum absolute atomic E-state index is 0.182. The van der Waals surface area contributed by atoms with E-state index in [1.54, 1.807) is 12.4 Å². The molecule has 1 unspecified atom stereocenters. The quantitative estimate of drug-likeness (QED) is 0.0673. The molecule has 0 spiro atoms. The molecule has 0 fully saturated rings. The fraction of sp³-hybridized carbons (Fsp3) is 0.574. The first-order chi connectivity index (χ1) is 27.6. The third-order valence-corrected chi connectivity index (χ3v) is 7.28. The Bertz CT molecular complexity index is 1890. The summed E-state index contributed by atoms with van der Waals surface area (Å²) in [4.78, 5) is 47.6. The molecule has 2 amide bonds. The van der Waals surface area contributed by atoms with E-state index in [1.807, 2.05) is 91.8 Å². The zero-order chi connectivity index (χ0) is 45.5. The third-order valence-electron chi connectivity index (χ3n) is 7.28. The highest BCUT2D eigenvalue weighted by Crippen LogP contribution is 2.25. The van der Waals surface area contributed by atoms with Crippen molar-refractivity contribution in [3.8, 4) is 22.5 Å². The van der Waals surface area contributed by atoms with Crippen LogP contribution >= 0.6 is 0 Å². The molecule has 6 N–H and O–H groups in total. The number of nitrogens with zero attached hydrogens (tertiary/aromatic N) is 4. The zero-order valence-electron chi connectivity index (χ0n) is 39.3. The van der Waals surface area contributed by atoms with Gasteiger partial charge in [0.15, 0.2) is 0 Å². The summed E-state index contributed by atoms with van der Waals surface area (Å²) >= 11 is 0. The van der Waals surface area contributed by atoms with E-state index in [0.717, 1.165) is 57.1 Å². The summed E-state index contributed by atoms with van der Waals surface area (Å²) in [5.41, 5.74) is 4.50. The molecule has 0 saturated carbocycles. The van der Waals surface area contributed by atoms with E-state index < -0.39 is 17.1 Å². The summed E-state index contributed by atoms with van der Waals surface area (Å²) < 4.78 is 0. The molecule has 2 aromatic carbocycles. The van der Waals surface area contributed by atoms with Crippen molar-refractivity contribution >= 4 is 34.4 Å². The fourth-order valence-corrected chi connectivity index (χ4v) is 5.62. The van der Waals surface area contributed by atoms with Crippen molar-refractivity contribution in [2.75, 3.05) is 0 Å². The Morgan fingerprint density at radius 1 is 0.678 bits per heavy atom. The molecule has 12 nitrogen and oxygen atoms in total. The second kappa shape index (κ2) is 27.2. The minimum atomic E-state index is -1.43.